The SMILES string of the molecule is COc1cccc(-c2ccc3c(c2)N(CCN2CCOCC2C)C(=O)CS3)n1. The normalized spacial score (nSPS) is 20.1. The number of ether oxygens (including phenoxy) is 2. The van der Waals surface area contributed by atoms with Gasteiger partial charge >= 0.3 is 0 Å². The molecule has 1 fully saturated rings. The van der Waals surface area contributed by atoms with Gasteiger partial charge in [-0.3, -0.25) is 9.69 Å². The summed E-state index contributed by atoms with van der Waals surface area (Å²) in [7, 11) is 1.61. The van der Waals surface area contributed by atoms with Crippen LogP contribution in [-0.2, 0) is 9.53 Å². The number of rotatable bonds is 5. The maximum absolute atomic E-state index is 12.7. The molecule has 1 aromatic carbocycles. The fourth-order valence-corrected chi connectivity index (χ4v) is 4.53. The number of pyridine rings is 1. The number of benzene rings is 1. The van der Waals surface area contributed by atoms with Crippen molar-refractivity contribution in [3.8, 4) is 17.1 Å². The third-order valence-electron chi connectivity index (χ3n) is 5.25. The van der Waals surface area contributed by atoms with Gasteiger partial charge in [0.05, 0.1) is 37.5 Å². The lowest BCUT2D eigenvalue weighted by Gasteiger charge is -2.36. The lowest BCUT2D eigenvalue weighted by atomic mass is 10.1. The monoisotopic (exact) mass is 399 g/mol. The minimum atomic E-state index is 0.161. The highest BCUT2D eigenvalue weighted by Crippen LogP contribution is 2.38. The summed E-state index contributed by atoms with van der Waals surface area (Å²) in [6, 6.07) is 12.3. The molecule has 2 aliphatic heterocycles. The second-order valence-electron chi connectivity index (χ2n) is 7.04. The molecule has 0 aliphatic carbocycles. The number of anilines is 1. The van der Waals surface area contributed by atoms with Crippen molar-refractivity contribution in [2.45, 2.75) is 17.9 Å². The molecule has 0 saturated carbocycles. The van der Waals surface area contributed by atoms with E-state index in [9.17, 15) is 4.79 Å². The average molecular weight is 400 g/mol. The van der Waals surface area contributed by atoms with E-state index in [1.54, 1.807) is 18.9 Å². The van der Waals surface area contributed by atoms with Crippen LogP contribution in [0.1, 0.15) is 6.92 Å². The van der Waals surface area contributed by atoms with Crippen LogP contribution in [0.25, 0.3) is 11.3 Å². The topological polar surface area (TPSA) is 54.9 Å². The van der Waals surface area contributed by atoms with Crippen molar-refractivity contribution in [2.75, 3.05) is 50.6 Å². The highest BCUT2D eigenvalue weighted by molar-refractivity contribution is 8.00. The molecule has 1 atom stereocenters. The number of morpholine rings is 1. The predicted octanol–water partition coefficient (Wildman–Crippen LogP) is 2.92. The molecule has 28 heavy (non-hydrogen) atoms. The Kier molecular flexibility index (Phi) is 5.85. The lowest BCUT2D eigenvalue weighted by molar-refractivity contribution is -0.116. The van der Waals surface area contributed by atoms with Gasteiger partial charge in [-0.1, -0.05) is 12.1 Å². The van der Waals surface area contributed by atoms with E-state index in [1.165, 1.54) is 0 Å². The van der Waals surface area contributed by atoms with E-state index in [4.69, 9.17) is 9.47 Å². The molecule has 4 rings (SSSR count). The first-order valence-corrected chi connectivity index (χ1v) is 10.5. The molecular weight excluding hydrogens is 374 g/mol. The van der Waals surface area contributed by atoms with Crippen LogP contribution in [0.4, 0.5) is 5.69 Å². The Morgan fingerprint density at radius 2 is 2.18 bits per heavy atom. The minimum absolute atomic E-state index is 0.161. The average Bonchev–Trinajstić information content (AvgIpc) is 2.74. The molecule has 0 spiro atoms. The Balaban J connectivity index is 1.58. The van der Waals surface area contributed by atoms with Gasteiger partial charge in [-0.2, -0.15) is 0 Å². The van der Waals surface area contributed by atoms with E-state index in [0.29, 0.717) is 24.2 Å². The van der Waals surface area contributed by atoms with Crippen molar-refractivity contribution in [3.63, 3.8) is 0 Å². The molecular formula is C21H25N3O3S. The van der Waals surface area contributed by atoms with Crippen molar-refractivity contribution in [2.24, 2.45) is 0 Å². The first kappa shape index (κ1) is 19.2. The summed E-state index contributed by atoms with van der Waals surface area (Å²) >= 11 is 1.60. The number of aromatic nitrogens is 1. The number of amides is 1. The number of carbonyl (C=O) groups excluding carboxylic acids is 1. The van der Waals surface area contributed by atoms with E-state index in [2.05, 4.69) is 35.0 Å². The van der Waals surface area contributed by atoms with Gasteiger partial charge in [-0.05, 0) is 25.1 Å². The Morgan fingerprint density at radius 1 is 1.29 bits per heavy atom. The van der Waals surface area contributed by atoms with Crippen LogP contribution < -0.4 is 9.64 Å². The first-order valence-electron chi connectivity index (χ1n) is 9.56. The zero-order chi connectivity index (χ0) is 19.5. The second kappa shape index (κ2) is 8.51. The molecule has 1 unspecified atom stereocenters. The van der Waals surface area contributed by atoms with Crippen LogP contribution in [0.15, 0.2) is 41.3 Å². The van der Waals surface area contributed by atoms with Crippen LogP contribution in [0, 0.1) is 0 Å². The van der Waals surface area contributed by atoms with E-state index in [-0.39, 0.29) is 5.91 Å². The second-order valence-corrected chi connectivity index (χ2v) is 8.06. The van der Waals surface area contributed by atoms with Gasteiger partial charge in [0.15, 0.2) is 0 Å². The van der Waals surface area contributed by atoms with Gasteiger partial charge in [0, 0.05) is 42.2 Å². The van der Waals surface area contributed by atoms with Crippen molar-refractivity contribution in [1.82, 2.24) is 9.88 Å². The molecule has 0 bridgehead atoms. The van der Waals surface area contributed by atoms with Gasteiger partial charge in [-0.25, -0.2) is 4.98 Å². The lowest BCUT2D eigenvalue weighted by Crippen LogP contribution is -2.48. The molecule has 1 amide bonds. The quantitative estimate of drug-likeness (QED) is 0.771. The molecule has 6 nitrogen and oxygen atoms in total. The minimum Gasteiger partial charge on any atom is -0.481 e. The van der Waals surface area contributed by atoms with Crippen molar-refractivity contribution >= 4 is 23.4 Å². The summed E-state index contributed by atoms with van der Waals surface area (Å²) in [6.45, 7) is 6.14. The highest BCUT2D eigenvalue weighted by atomic mass is 32.2. The van der Waals surface area contributed by atoms with E-state index in [0.717, 1.165) is 48.1 Å². The summed E-state index contributed by atoms with van der Waals surface area (Å²) in [5.74, 6) is 1.23. The Bertz CT molecular complexity index is 861. The molecule has 2 aromatic rings. The van der Waals surface area contributed by atoms with Gasteiger partial charge in [-0.15, -0.1) is 11.8 Å². The fraction of sp³-hybridized carbons (Fsp3) is 0.429. The number of methoxy groups -OCH3 is 1. The number of thioether (sulfide) groups is 1. The number of fused-ring (bicyclic) bond motifs is 1. The van der Waals surface area contributed by atoms with Gasteiger partial charge in [0.2, 0.25) is 11.8 Å². The molecule has 7 heteroatoms. The van der Waals surface area contributed by atoms with Crippen LogP contribution in [0.5, 0.6) is 5.88 Å². The number of hydrogen-bond donors (Lipinski definition) is 0. The van der Waals surface area contributed by atoms with Crippen molar-refractivity contribution < 1.29 is 14.3 Å². The molecule has 1 saturated heterocycles. The summed E-state index contributed by atoms with van der Waals surface area (Å²) in [5, 5.41) is 0. The third-order valence-corrected chi connectivity index (χ3v) is 6.29. The summed E-state index contributed by atoms with van der Waals surface area (Å²) < 4.78 is 10.8. The molecule has 148 valence electrons. The van der Waals surface area contributed by atoms with Gasteiger partial charge < -0.3 is 14.4 Å². The zero-order valence-electron chi connectivity index (χ0n) is 16.3. The fourth-order valence-electron chi connectivity index (χ4n) is 3.62. The first-order chi connectivity index (χ1) is 13.7. The highest BCUT2D eigenvalue weighted by Gasteiger charge is 2.27. The van der Waals surface area contributed by atoms with Crippen molar-refractivity contribution in [3.05, 3.63) is 36.4 Å². The standard InChI is InChI=1S/C21H25N3O3S/c1-15-13-27-11-10-23(15)8-9-24-18-12-16(6-7-19(18)28-14-21(24)25)17-4-3-5-20(22-17)26-2/h3-7,12,15H,8-11,13-14H2,1-2H3. The molecule has 3 heterocycles. The largest absolute Gasteiger partial charge is 0.481 e. The smallest absolute Gasteiger partial charge is 0.237 e. The Hall–Kier alpha value is -2.09. The molecule has 0 N–H and O–H groups in total. The van der Waals surface area contributed by atoms with Gasteiger partial charge in [0.25, 0.3) is 0 Å². The van der Waals surface area contributed by atoms with E-state index >= 15 is 0 Å². The Morgan fingerprint density at radius 3 is 3.00 bits per heavy atom. The third kappa shape index (κ3) is 4.01. The van der Waals surface area contributed by atoms with Crippen LogP contribution in [0.2, 0.25) is 0 Å². The van der Waals surface area contributed by atoms with Crippen molar-refractivity contribution in [1.29, 1.82) is 0 Å². The van der Waals surface area contributed by atoms with Crippen LogP contribution >= 0.6 is 11.8 Å². The predicted molar refractivity (Wildman–Crippen MR) is 111 cm³/mol. The summed E-state index contributed by atoms with van der Waals surface area (Å²) in [6.07, 6.45) is 0. The maximum atomic E-state index is 12.7. The number of hydrogen-bond acceptors (Lipinski definition) is 6. The summed E-state index contributed by atoms with van der Waals surface area (Å²) in [4.78, 5) is 22.7. The molecule has 2 aliphatic rings. The Labute approximate surface area is 169 Å². The van der Waals surface area contributed by atoms with E-state index < -0.39 is 0 Å². The van der Waals surface area contributed by atoms with E-state index in [1.807, 2.05) is 23.1 Å². The number of carbonyl (C=O) groups is 1. The van der Waals surface area contributed by atoms with Crippen LogP contribution in [-0.4, -0.2) is 67.5 Å². The zero-order valence-corrected chi connectivity index (χ0v) is 17.1. The van der Waals surface area contributed by atoms with Gasteiger partial charge in [0.1, 0.15) is 0 Å². The maximum Gasteiger partial charge on any atom is 0.237 e. The van der Waals surface area contributed by atoms with Crippen LogP contribution in [0.3, 0.4) is 0 Å². The summed E-state index contributed by atoms with van der Waals surface area (Å²) in [5.41, 5.74) is 2.80. The molecule has 1 aromatic heterocycles. The molecule has 0 radical (unpaired) electrons. The number of nitrogens with zero attached hydrogens (tertiary/aromatic N) is 3.